The first-order chi connectivity index (χ1) is 10.3. The van der Waals surface area contributed by atoms with Crippen LogP contribution in [0.1, 0.15) is 22.9 Å². The second kappa shape index (κ2) is 6.61. The van der Waals surface area contributed by atoms with Crippen molar-refractivity contribution in [3.63, 3.8) is 0 Å². The Morgan fingerprint density at radius 3 is 2.64 bits per heavy atom. The lowest BCUT2D eigenvalue weighted by molar-refractivity contribution is -0.145. The largest absolute Gasteiger partial charge is 0.451 e. The molecule has 6 nitrogen and oxygen atoms in total. The van der Waals surface area contributed by atoms with Gasteiger partial charge in [0.15, 0.2) is 5.16 Å². The molecule has 2 rings (SSSR count). The maximum atomic E-state index is 12.5. The quantitative estimate of drug-likeness (QED) is 0.844. The molecule has 0 bridgehead atoms. The van der Waals surface area contributed by atoms with E-state index in [0.29, 0.717) is 28.7 Å². The Bertz CT molecular complexity index is 655. The van der Waals surface area contributed by atoms with Crippen LogP contribution in [0.25, 0.3) is 0 Å². The highest BCUT2D eigenvalue weighted by atomic mass is 32.2. The minimum Gasteiger partial charge on any atom is -0.313 e. The van der Waals surface area contributed by atoms with E-state index in [-0.39, 0.29) is 0 Å². The Labute approximate surface area is 129 Å². The monoisotopic (exact) mass is 332 g/mol. The van der Waals surface area contributed by atoms with Gasteiger partial charge in [-0.2, -0.15) is 13.2 Å². The molecule has 2 aromatic heterocycles. The van der Waals surface area contributed by atoms with Crippen molar-refractivity contribution in [1.29, 1.82) is 0 Å². The van der Waals surface area contributed by atoms with E-state index in [1.807, 2.05) is 18.7 Å². The molecule has 0 spiro atoms. The van der Waals surface area contributed by atoms with Gasteiger partial charge >= 0.3 is 6.18 Å². The Kier molecular flexibility index (Phi) is 5.01. The van der Waals surface area contributed by atoms with Gasteiger partial charge in [-0.1, -0.05) is 11.8 Å². The molecule has 0 aromatic carbocycles. The van der Waals surface area contributed by atoms with Crippen LogP contribution in [0.3, 0.4) is 0 Å². The zero-order valence-corrected chi connectivity index (χ0v) is 13.1. The smallest absolute Gasteiger partial charge is 0.313 e. The molecule has 0 aliphatic rings. The summed E-state index contributed by atoms with van der Waals surface area (Å²) in [7, 11) is 3.65. The fourth-order valence-electron chi connectivity index (χ4n) is 1.70. The summed E-state index contributed by atoms with van der Waals surface area (Å²) in [5.74, 6) is 0.0919. The zero-order chi connectivity index (χ0) is 16.3. The van der Waals surface area contributed by atoms with E-state index >= 15 is 0 Å². The van der Waals surface area contributed by atoms with Gasteiger partial charge in [0.2, 0.25) is 5.82 Å². The number of hydrogen-bond donors (Lipinski definition) is 1. The molecule has 0 fully saturated rings. The first-order valence-electron chi connectivity index (χ1n) is 6.38. The lowest BCUT2D eigenvalue weighted by atomic mass is 10.3. The fraction of sp³-hybridized carbons (Fsp3) is 0.500. The Morgan fingerprint density at radius 1 is 1.32 bits per heavy atom. The van der Waals surface area contributed by atoms with Crippen LogP contribution in [0.15, 0.2) is 11.4 Å². The van der Waals surface area contributed by atoms with Gasteiger partial charge < -0.3 is 9.88 Å². The molecule has 0 aliphatic carbocycles. The maximum absolute atomic E-state index is 12.5. The van der Waals surface area contributed by atoms with Gasteiger partial charge in [0.05, 0.1) is 6.54 Å². The van der Waals surface area contributed by atoms with Gasteiger partial charge in [-0.3, -0.25) is 0 Å². The highest BCUT2D eigenvalue weighted by molar-refractivity contribution is 7.98. The van der Waals surface area contributed by atoms with Crippen LogP contribution < -0.4 is 5.32 Å². The summed E-state index contributed by atoms with van der Waals surface area (Å²) in [5.41, 5.74) is 0.948. The number of aromatic nitrogens is 5. The Hall–Kier alpha value is -1.68. The maximum Gasteiger partial charge on any atom is 0.451 e. The van der Waals surface area contributed by atoms with Crippen molar-refractivity contribution >= 4 is 11.8 Å². The van der Waals surface area contributed by atoms with E-state index in [9.17, 15) is 13.2 Å². The lowest BCUT2D eigenvalue weighted by Crippen LogP contribution is -2.12. The molecule has 0 saturated heterocycles. The highest BCUT2D eigenvalue weighted by Gasteiger charge is 2.34. The average molecular weight is 332 g/mol. The van der Waals surface area contributed by atoms with Crippen LogP contribution in [-0.4, -0.2) is 31.8 Å². The molecule has 2 heterocycles. The van der Waals surface area contributed by atoms with Crippen LogP contribution in [0.4, 0.5) is 13.2 Å². The number of nitrogens with one attached hydrogen (secondary N) is 1. The van der Waals surface area contributed by atoms with Crippen LogP contribution in [0, 0.1) is 6.92 Å². The number of rotatable bonds is 5. The predicted molar refractivity (Wildman–Crippen MR) is 75.1 cm³/mol. The standard InChI is InChI=1S/C12H15F3N6S/c1-7-8(4-17-10(18-7)12(13,14)15)6-22-11-20-19-9(5-16-2)21(11)3/h4,16H,5-6H2,1-3H3. The van der Waals surface area contributed by atoms with E-state index in [1.165, 1.54) is 24.9 Å². The highest BCUT2D eigenvalue weighted by Crippen LogP contribution is 2.27. The molecule has 0 amide bonds. The summed E-state index contributed by atoms with van der Waals surface area (Å²) < 4.78 is 39.4. The minimum atomic E-state index is -4.53. The fourth-order valence-corrected chi connectivity index (χ4v) is 2.66. The molecule has 1 N–H and O–H groups in total. The summed E-state index contributed by atoms with van der Waals surface area (Å²) >= 11 is 1.37. The van der Waals surface area contributed by atoms with Crippen molar-refractivity contribution in [2.75, 3.05) is 7.05 Å². The first-order valence-corrected chi connectivity index (χ1v) is 7.37. The number of aryl methyl sites for hydroxylation is 1. The topological polar surface area (TPSA) is 68.5 Å². The van der Waals surface area contributed by atoms with Crippen molar-refractivity contribution in [1.82, 2.24) is 30.0 Å². The van der Waals surface area contributed by atoms with Crippen molar-refractivity contribution in [3.05, 3.63) is 29.1 Å². The van der Waals surface area contributed by atoms with Gasteiger partial charge in [-0.15, -0.1) is 10.2 Å². The second-order valence-electron chi connectivity index (χ2n) is 4.58. The van der Waals surface area contributed by atoms with Gasteiger partial charge in [0.25, 0.3) is 0 Å². The van der Waals surface area contributed by atoms with Crippen LogP contribution in [-0.2, 0) is 25.5 Å². The van der Waals surface area contributed by atoms with Crippen LogP contribution >= 0.6 is 11.8 Å². The van der Waals surface area contributed by atoms with Gasteiger partial charge in [0, 0.05) is 30.3 Å². The van der Waals surface area contributed by atoms with Crippen molar-refractivity contribution in [2.45, 2.75) is 30.6 Å². The minimum absolute atomic E-state index is 0.312. The van der Waals surface area contributed by atoms with Crippen molar-refractivity contribution < 1.29 is 13.2 Å². The number of alkyl halides is 3. The molecule has 10 heteroatoms. The molecule has 0 aliphatic heterocycles. The van der Waals surface area contributed by atoms with E-state index < -0.39 is 12.0 Å². The van der Waals surface area contributed by atoms with E-state index in [0.717, 1.165) is 5.82 Å². The number of halogens is 3. The number of nitrogens with zero attached hydrogens (tertiary/aromatic N) is 5. The van der Waals surface area contributed by atoms with E-state index in [4.69, 9.17) is 0 Å². The zero-order valence-electron chi connectivity index (χ0n) is 12.3. The van der Waals surface area contributed by atoms with Crippen LogP contribution in [0.2, 0.25) is 0 Å². The lowest BCUT2D eigenvalue weighted by Gasteiger charge is -2.08. The summed E-state index contributed by atoms with van der Waals surface area (Å²) in [4.78, 5) is 6.89. The Morgan fingerprint density at radius 2 is 2.05 bits per heavy atom. The van der Waals surface area contributed by atoms with Gasteiger partial charge in [-0.05, 0) is 14.0 Å². The van der Waals surface area contributed by atoms with E-state index in [2.05, 4.69) is 25.5 Å². The first kappa shape index (κ1) is 16.7. The van der Waals surface area contributed by atoms with E-state index in [1.54, 1.807) is 0 Å². The van der Waals surface area contributed by atoms with Crippen LogP contribution in [0.5, 0.6) is 0 Å². The normalized spacial score (nSPS) is 11.9. The number of thioether (sulfide) groups is 1. The summed E-state index contributed by atoms with van der Waals surface area (Å²) in [6.07, 6.45) is -3.31. The molecule has 0 radical (unpaired) electrons. The second-order valence-corrected chi connectivity index (χ2v) is 5.52. The molecular formula is C12H15F3N6S. The third-order valence-corrected chi connectivity index (χ3v) is 4.02. The molecule has 2 aromatic rings. The van der Waals surface area contributed by atoms with Gasteiger partial charge in [-0.25, -0.2) is 9.97 Å². The van der Waals surface area contributed by atoms with Gasteiger partial charge in [0.1, 0.15) is 5.82 Å². The third kappa shape index (κ3) is 3.74. The molecule has 0 atom stereocenters. The molecule has 22 heavy (non-hydrogen) atoms. The summed E-state index contributed by atoms with van der Waals surface area (Å²) in [6.45, 7) is 2.13. The SMILES string of the molecule is CNCc1nnc(SCc2cnc(C(F)(F)F)nc2C)n1C. The molecule has 120 valence electrons. The average Bonchev–Trinajstić information content (AvgIpc) is 2.78. The number of hydrogen-bond acceptors (Lipinski definition) is 6. The van der Waals surface area contributed by atoms with Crippen molar-refractivity contribution in [3.8, 4) is 0 Å². The summed E-state index contributed by atoms with van der Waals surface area (Å²) in [5, 5.41) is 11.8. The Balaban J connectivity index is 2.09. The third-order valence-electron chi connectivity index (χ3n) is 2.95. The van der Waals surface area contributed by atoms with Crippen molar-refractivity contribution in [2.24, 2.45) is 7.05 Å². The predicted octanol–water partition coefficient (Wildman–Crippen LogP) is 1.94. The molecular weight excluding hydrogens is 317 g/mol. The summed E-state index contributed by atoms with van der Waals surface area (Å²) in [6, 6.07) is 0. The molecule has 0 saturated carbocycles. The molecule has 0 unspecified atom stereocenters.